The summed E-state index contributed by atoms with van der Waals surface area (Å²) >= 11 is 0. The fraction of sp³-hybridized carbons (Fsp3) is 0.364. The molecule has 0 saturated heterocycles. The number of nitrogens with zero attached hydrogens (tertiary/aromatic N) is 3. The van der Waals surface area contributed by atoms with Gasteiger partial charge in [0, 0.05) is 0 Å². The fourth-order valence-electron chi connectivity index (χ4n) is 2.34. The van der Waals surface area contributed by atoms with Crippen molar-refractivity contribution in [2.45, 2.75) is 19.1 Å². The summed E-state index contributed by atoms with van der Waals surface area (Å²) in [6.07, 6.45) is 0.512. The van der Waals surface area contributed by atoms with Crippen LogP contribution < -0.4 is 5.01 Å². The molecule has 1 aromatic rings. The molecule has 3 rings (SSSR count). The predicted molar refractivity (Wildman–Crippen MR) is 59.0 cm³/mol. The normalized spacial score (nSPS) is 27.0. The highest BCUT2D eigenvalue weighted by Gasteiger charge is 2.64. The molecule has 0 bridgehead atoms. The minimum atomic E-state index is -0.977. The molecule has 5 heteroatoms. The minimum Gasteiger partial charge on any atom is -0.312 e. The SMILES string of the molecule is CC1=NO[C@]2(C1)c1ccccc1N(C)[N+]2=O. The number of hydrogen-bond acceptors (Lipinski definition) is 3. The van der Waals surface area contributed by atoms with Crippen molar-refractivity contribution < 1.29 is 9.71 Å². The van der Waals surface area contributed by atoms with Gasteiger partial charge in [0.15, 0.2) is 4.87 Å². The van der Waals surface area contributed by atoms with Gasteiger partial charge in [-0.1, -0.05) is 17.3 Å². The van der Waals surface area contributed by atoms with Gasteiger partial charge in [-0.3, -0.25) is 0 Å². The van der Waals surface area contributed by atoms with Gasteiger partial charge in [0.05, 0.1) is 17.7 Å². The maximum atomic E-state index is 12.2. The van der Waals surface area contributed by atoms with Crippen LogP contribution in [-0.4, -0.2) is 17.6 Å². The summed E-state index contributed by atoms with van der Waals surface area (Å²) in [6.45, 7) is 1.86. The van der Waals surface area contributed by atoms with E-state index in [4.69, 9.17) is 4.84 Å². The van der Waals surface area contributed by atoms with E-state index in [2.05, 4.69) is 5.16 Å². The summed E-state index contributed by atoms with van der Waals surface area (Å²) in [4.78, 5) is 18.4. The lowest BCUT2D eigenvalue weighted by molar-refractivity contribution is -0.683. The van der Waals surface area contributed by atoms with E-state index in [1.165, 1.54) is 0 Å². The van der Waals surface area contributed by atoms with Crippen molar-refractivity contribution in [3.8, 4) is 0 Å². The molecule has 0 saturated carbocycles. The third-order valence-corrected chi connectivity index (χ3v) is 3.10. The van der Waals surface area contributed by atoms with E-state index >= 15 is 0 Å². The van der Waals surface area contributed by atoms with E-state index < -0.39 is 5.72 Å². The first kappa shape index (κ1) is 9.33. The largest absolute Gasteiger partial charge is 0.437 e. The van der Waals surface area contributed by atoms with Crippen molar-refractivity contribution >= 4 is 11.4 Å². The summed E-state index contributed by atoms with van der Waals surface area (Å²) < 4.78 is 0. The molecule has 0 N–H and O–H groups in total. The van der Waals surface area contributed by atoms with Crippen LogP contribution >= 0.6 is 0 Å². The molecule has 0 aromatic heterocycles. The monoisotopic (exact) mass is 218 g/mol. The van der Waals surface area contributed by atoms with Gasteiger partial charge in [0.25, 0.3) is 0 Å². The van der Waals surface area contributed by atoms with Crippen molar-refractivity contribution in [3.05, 3.63) is 34.7 Å². The molecule has 0 aliphatic carbocycles. The second kappa shape index (κ2) is 2.81. The Morgan fingerprint density at radius 3 is 2.94 bits per heavy atom. The van der Waals surface area contributed by atoms with Gasteiger partial charge in [-0.05, 0) is 19.1 Å². The van der Waals surface area contributed by atoms with Crippen LogP contribution in [0.3, 0.4) is 0 Å². The van der Waals surface area contributed by atoms with Crippen molar-refractivity contribution in [2.24, 2.45) is 5.16 Å². The van der Waals surface area contributed by atoms with Gasteiger partial charge in [-0.25, -0.2) is 0 Å². The molecular weight excluding hydrogens is 206 g/mol. The molecule has 0 fully saturated rings. The van der Waals surface area contributed by atoms with Gasteiger partial charge in [-0.15, -0.1) is 5.01 Å². The van der Waals surface area contributed by atoms with Crippen molar-refractivity contribution in [2.75, 3.05) is 12.1 Å². The Bertz CT molecular complexity index is 512. The zero-order valence-corrected chi connectivity index (χ0v) is 9.17. The maximum Gasteiger partial charge on any atom is 0.437 e. The predicted octanol–water partition coefficient (Wildman–Crippen LogP) is 1.78. The highest BCUT2D eigenvalue weighted by molar-refractivity contribution is 5.84. The molecule has 0 radical (unpaired) electrons. The number of hydrazine groups is 1. The Morgan fingerprint density at radius 1 is 1.50 bits per heavy atom. The Hall–Kier alpha value is -1.91. The Morgan fingerprint density at radius 2 is 2.25 bits per heavy atom. The standard InChI is InChI=1S/C11H12N3O2/c1-8-7-11(16-12-8)9-5-3-4-6-10(9)13(2)14(11)15/h3-6H,7H2,1-2H3/q+1/t11-/m1/s1. The minimum absolute atomic E-state index is 0.512. The number of anilines is 1. The molecule has 1 spiro atoms. The zero-order valence-electron chi connectivity index (χ0n) is 9.17. The average Bonchev–Trinajstić information content (AvgIpc) is 2.78. The third kappa shape index (κ3) is 0.925. The summed E-state index contributed by atoms with van der Waals surface area (Å²) in [5.41, 5.74) is 1.62. The van der Waals surface area contributed by atoms with Crippen molar-refractivity contribution in [3.63, 3.8) is 0 Å². The molecule has 5 nitrogen and oxygen atoms in total. The van der Waals surface area contributed by atoms with E-state index in [9.17, 15) is 4.91 Å². The number of fused-ring (bicyclic) bond motifs is 2. The topological polar surface area (TPSA) is 44.9 Å². The van der Waals surface area contributed by atoms with E-state index in [1.807, 2.05) is 31.2 Å². The van der Waals surface area contributed by atoms with Gasteiger partial charge in [0.1, 0.15) is 17.7 Å². The lowest BCUT2D eigenvalue weighted by Gasteiger charge is -2.10. The smallest absolute Gasteiger partial charge is 0.312 e. The van der Waals surface area contributed by atoms with Gasteiger partial charge in [0.2, 0.25) is 0 Å². The Balaban J connectivity index is 2.19. The lowest BCUT2D eigenvalue weighted by atomic mass is 9.98. The average molecular weight is 218 g/mol. The molecule has 2 heterocycles. The van der Waals surface area contributed by atoms with Crippen LogP contribution in [0.5, 0.6) is 0 Å². The van der Waals surface area contributed by atoms with Gasteiger partial charge < -0.3 is 4.84 Å². The summed E-state index contributed by atoms with van der Waals surface area (Å²) in [7, 11) is 1.73. The van der Waals surface area contributed by atoms with Gasteiger partial charge in [-0.2, -0.15) is 0 Å². The molecule has 1 atom stereocenters. The van der Waals surface area contributed by atoms with Crippen LogP contribution in [0, 0.1) is 4.91 Å². The summed E-state index contributed by atoms with van der Waals surface area (Å²) in [5, 5.41) is 5.46. The van der Waals surface area contributed by atoms with Crippen LogP contribution in [-0.2, 0) is 10.6 Å². The summed E-state index contributed by atoms with van der Waals surface area (Å²) in [6, 6.07) is 7.64. The number of rotatable bonds is 0. The second-order valence-electron chi connectivity index (χ2n) is 4.19. The van der Waals surface area contributed by atoms with Crippen LogP contribution in [0.4, 0.5) is 5.69 Å². The quantitative estimate of drug-likeness (QED) is 0.623. The number of hydrogen-bond donors (Lipinski definition) is 0. The molecule has 2 aliphatic heterocycles. The second-order valence-corrected chi connectivity index (χ2v) is 4.19. The van der Waals surface area contributed by atoms with Crippen molar-refractivity contribution in [1.29, 1.82) is 0 Å². The van der Waals surface area contributed by atoms with E-state index in [1.54, 1.807) is 12.1 Å². The first-order valence-electron chi connectivity index (χ1n) is 5.17. The molecule has 82 valence electrons. The van der Waals surface area contributed by atoms with Gasteiger partial charge >= 0.3 is 5.72 Å². The Kier molecular flexibility index (Phi) is 1.64. The molecule has 0 amide bonds. The molecule has 2 aliphatic rings. The maximum absolute atomic E-state index is 12.2. The highest BCUT2D eigenvalue weighted by atomic mass is 16.7. The molecule has 1 aromatic carbocycles. The third-order valence-electron chi connectivity index (χ3n) is 3.10. The molecule has 16 heavy (non-hydrogen) atoms. The van der Waals surface area contributed by atoms with Crippen molar-refractivity contribution in [1.82, 2.24) is 0 Å². The van der Waals surface area contributed by atoms with Crippen LogP contribution in [0.15, 0.2) is 29.4 Å². The lowest BCUT2D eigenvalue weighted by Crippen LogP contribution is -2.39. The fourth-order valence-corrected chi connectivity index (χ4v) is 2.34. The zero-order chi connectivity index (χ0) is 11.3. The number of oxime groups is 1. The number of nitroso groups, excluding NO2 is 1. The van der Waals surface area contributed by atoms with E-state index in [0.29, 0.717) is 6.42 Å². The van der Waals surface area contributed by atoms with Crippen LogP contribution in [0.1, 0.15) is 18.9 Å². The molecule has 0 unspecified atom stereocenters. The highest BCUT2D eigenvalue weighted by Crippen LogP contribution is 2.46. The number of para-hydroxylation sites is 1. The first-order chi connectivity index (χ1) is 7.65. The summed E-state index contributed by atoms with van der Waals surface area (Å²) in [5.74, 6) is 0. The van der Waals surface area contributed by atoms with Crippen LogP contribution in [0.25, 0.3) is 0 Å². The van der Waals surface area contributed by atoms with E-state index in [-0.39, 0.29) is 0 Å². The first-order valence-corrected chi connectivity index (χ1v) is 5.17. The number of benzene rings is 1. The Labute approximate surface area is 92.8 Å². The molecular formula is C11H12N3O2+. The van der Waals surface area contributed by atoms with Crippen LogP contribution in [0.2, 0.25) is 0 Å². The van der Waals surface area contributed by atoms with E-state index in [0.717, 1.165) is 21.8 Å².